The smallest absolute Gasteiger partial charge is 0.253 e. The van der Waals surface area contributed by atoms with Crippen LogP contribution in [0.1, 0.15) is 30.1 Å². The van der Waals surface area contributed by atoms with E-state index in [9.17, 15) is 9.59 Å². The van der Waals surface area contributed by atoms with Crippen LogP contribution in [0.5, 0.6) is 0 Å². The van der Waals surface area contributed by atoms with Crippen LogP contribution in [0.25, 0.3) is 0 Å². The molecule has 5 nitrogen and oxygen atoms in total. The van der Waals surface area contributed by atoms with Gasteiger partial charge in [-0.15, -0.1) is 0 Å². The highest BCUT2D eigenvalue weighted by atomic mass is 79.9. The molecular formula is C14H18BrN3O2. The fourth-order valence-corrected chi connectivity index (χ4v) is 2.79. The number of halogens is 1. The monoisotopic (exact) mass is 339 g/mol. The minimum atomic E-state index is -0.0560. The predicted octanol–water partition coefficient (Wildman–Crippen LogP) is 1.77. The third-order valence-electron chi connectivity index (χ3n) is 3.36. The molecule has 108 valence electrons. The van der Waals surface area contributed by atoms with Crippen LogP contribution < -0.4 is 11.1 Å². The van der Waals surface area contributed by atoms with E-state index in [0.717, 1.165) is 23.9 Å². The van der Waals surface area contributed by atoms with Crippen molar-refractivity contribution in [1.29, 1.82) is 0 Å². The first kappa shape index (κ1) is 14.8. The second kappa shape index (κ2) is 6.26. The lowest BCUT2D eigenvalue weighted by Crippen LogP contribution is -2.49. The number of nitrogens with two attached hydrogens (primary N) is 1. The average molecular weight is 340 g/mol. The molecule has 1 aliphatic rings. The molecular weight excluding hydrogens is 322 g/mol. The first-order valence-corrected chi connectivity index (χ1v) is 7.38. The standard InChI is InChI=1S/C14H18BrN3O2/c1-9(19)17-11-3-2-6-18(8-11)14(20)10-4-5-13(16)12(15)7-10/h4-5,7,11H,2-3,6,8,16H2,1H3,(H,17,19). The Balaban J connectivity index is 2.08. The molecule has 1 atom stereocenters. The molecule has 20 heavy (non-hydrogen) atoms. The van der Waals surface area contributed by atoms with E-state index in [-0.39, 0.29) is 17.9 Å². The van der Waals surface area contributed by atoms with Crippen LogP contribution >= 0.6 is 15.9 Å². The second-order valence-electron chi connectivity index (χ2n) is 5.03. The van der Waals surface area contributed by atoms with Gasteiger partial charge in [0.2, 0.25) is 5.91 Å². The number of rotatable bonds is 2. The number of nitrogen functional groups attached to an aromatic ring is 1. The van der Waals surface area contributed by atoms with Crippen molar-refractivity contribution in [3.05, 3.63) is 28.2 Å². The molecule has 1 heterocycles. The number of anilines is 1. The Labute approximate surface area is 126 Å². The molecule has 3 N–H and O–H groups in total. The average Bonchev–Trinajstić information content (AvgIpc) is 2.40. The zero-order valence-corrected chi connectivity index (χ0v) is 12.9. The van der Waals surface area contributed by atoms with E-state index in [1.165, 1.54) is 6.92 Å². The van der Waals surface area contributed by atoms with Crippen molar-refractivity contribution in [3.63, 3.8) is 0 Å². The van der Waals surface area contributed by atoms with E-state index < -0.39 is 0 Å². The topological polar surface area (TPSA) is 75.4 Å². The summed E-state index contributed by atoms with van der Waals surface area (Å²) in [5, 5.41) is 2.88. The highest BCUT2D eigenvalue weighted by molar-refractivity contribution is 9.10. The number of nitrogens with zero attached hydrogens (tertiary/aromatic N) is 1. The Kier molecular flexibility index (Phi) is 4.65. The zero-order valence-electron chi connectivity index (χ0n) is 11.4. The minimum Gasteiger partial charge on any atom is -0.398 e. The van der Waals surface area contributed by atoms with E-state index in [4.69, 9.17) is 5.73 Å². The lowest BCUT2D eigenvalue weighted by molar-refractivity contribution is -0.120. The van der Waals surface area contributed by atoms with Gasteiger partial charge in [-0.2, -0.15) is 0 Å². The third kappa shape index (κ3) is 3.50. The molecule has 0 spiro atoms. The number of hydrogen-bond donors (Lipinski definition) is 2. The van der Waals surface area contributed by atoms with Gasteiger partial charge in [-0.1, -0.05) is 0 Å². The van der Waals surface area contributed by atoms with Gasteiger partial charge in [-0.25, -0.2) is 0 Å². The maximum atomic E-state index is 12.4. The van der Waals surface area contributed by atoms with E-state index in [1.807, 2.05) is 0 Å². The maximum Gasteiger partial charge on any atom is 0.253 e. The van der Waals surface area contributed by atoms with Crippen molar-refractivity contribution < 1.29 is 9.59 Å². The van der Waals surface area contributed by atoms with Crippen LogP contribution in [0.2, 0.25) is 0 Å². The lowest BCUT2D eigenvalue weighted by Gasteiger charge is -2.33. The summed E-state index contributed by atoms with van der Waals surface area (Å²) < 4.78 is 0.721. The van der Waals surface area contributed by atoms with Crippen LogP contribution in [-0.2, 0) is 4.79 Å². The van der Waals surface area contributed by atoms with Crippen molar-refractivity contribution in [1.82, 2.24) is 10.2 Å². The Hall–Kier alpha value is -1.56. The van der Waals surface area contributed by atoms with Crippen molar-refractivity contribution in [3.8, 4) is 0 Å². The third-order valence-corrected chi connectivity index (χ3v) is 4.05. The molecule has 2 amide bonds. The number of benzene rings is 1. The molecule has 1 aromatic rings. The summed E-state index contributed by atoms with van der Waals surface area (Å²) in [6.07, 6.45) is 1.81. The fourth-order valence-electron chi connectivity index (χ4n) is 2.41. The summed E-state index contributed by atoms with van der Waals surface area (Å²) in [5.74, 6) is -0.0831. The van der Waals surface area contributed by atoms with Gasteiger partial charge in [0.1, 0.15) is 0 Å². The van der Waals surface area contributed by atoms with E-state index in [0.29, 0.717) is 17.8 Å². The molecule has 0 aliphatic carbocycles. The molecule has 0 aromatic heterocycles. The van der Waals surface area contributed by atoms with Crippen molar-refractivity contribution in [2.75, 3.05) is 18.8 Å². The van der Waals surface area contributed by atoms with E-state index in [1.54, 1.807) is 23.1 Å². The number of carbonyl (C=O) groups is 2. The predicted molar refractivity (Wildman–Crippen MR) is 81.3 cm³/mol. The Morgan fingerprint density at radius 3 is 2.85 bits per heavy atom. The quantitative estimate of drug-likeness (QED) is 0.806. The molecule has 0 bridgehead atoms. The van der Waals surface area contributed by atoms with Crippen LogP contribution in [0.4, 0.5) is 5.69 Å². The largest absolute Gasteiger partial charge is 0.398 e. The van der Waals surface area contributed by atoms with Crippen molar-refractivity contribution >= 4 is 33.4 Å². The molecule has 0 radical (unpaired) electrons. The molecule has 1 aliphatic heterocycles. The number of likely N-dealkylation sites (tertiary alicyclic amines) is 1. The molecule has 1 fully saturated rings. The van der Waals surface area contributed by atoms with Gasteiger partial charge in [-0.05, 0) is 47.0 Å². The molecule has 1 saturated heterocycles. The molecule has 6 heteroatoms. The summed E-state index contributed by atoms with van der Waals surface area (Å²) in [5.41, 5.74) is 6.94. The first-order valence-electron chi connectivity index (χ1n) is 6.59. The van der Waals surface area contributed by atoms with Gasteiger partial charge in [0.15, 0.2) is 0 Å². The summed E-state index contributed by atoms with van der Waals surface area (Å²) in [4.78, 5) is 25.3. The first-order chi connectivity index (χ1) is 9.47. The molecule has 0 saturated carbocycles. The Morgan fingerprint density at radius 2 is 2.20 bits per heavy atom. The summed E-state index contributed by atoms with van der Waals surface area (Å²) in [7, 11) is 0. The maximum absolute atomic E-state index is 12.4. The lowest BCUT2D eigenvalue weighted by atomic mass is 10.0. The van der Waals surface area contributed by atoms with Crippen LogP contribution in [0.15, 0.2) is 22.7 Å². The van der Waals surface area contributed by atoms with Crippen LogP contribution in [0.3, 0.4) is 0 Å². The highest BCUT2D eigenvalue weighted by Gasteiger charge is 2.25. The van der Waals surface area contributed by atoms with E-state index in [2.05, 4.69) is 21.2 Å². The molecule has 2 rings (SSSR count). The number of hydrogen-bond acceptors (Lipinski definition) is 3. The Bertz CT molecular complexity index is 533. The number of nitrogens with one attached hydrogen (secondary N) is 1. The summed E-state index contributed by atoms with van der Waals surface area (Å²) >= 11 is 3.33. The van der Waals surface area contributed by atoms with Crippen molar-refractivity contribution in [2.45, 2.75) is 25.8 Å². The van der Waals surface area contributed by atoms with Gasteiger partial charge < -0.3 is 16.0 Å². The normalized spacial score (nSPS) is 18.7. The summed E-state index contributed by atoms with van der Waals surface area (Å²) in [6, 6.07) is 5.22. The van der Waals surface area contributed by atoms with Gasteiger partial charge in [0, 0.05) is 41.8 Å². The second-order valence-corrected chi connectivity index (χ2v) is 5.88. The zero-order chi connectivity index (χ0) is 14.7. The highest BCUT2D eigenvalue weighted by Crippen LogP contribution is 2.22. The van der Waals surface area contributed by atoms with Gasteiger partial charge in [0.25, 0.3) is 5.91 Å². The van der Waals surface area contributed by atoms with Crippen molar-refractivity contribution in [2.24, 2.45) is 0 Å². The van der Waals surface area contributed by atoms with Gasteiger partial charge in [0.05, 0.1) is 0 Å². The number of amides is 2. The number of carbonyl (C=O) groups excluding carboxylic acids is 2. The fraction of sp³-hybridized carbons (Fsp3) is 0.429. The van der Waals surface area contributed by atoms with Gasteiger partial charge >= 0.3 is 0 Å². The summed E-state index contributed by atoms with van der Waals surface area (Å²) in [6.45, 7) is 2.77. The van der Waals surface area contributed by atoms with Gasteiger partial charge in [-0.3, -0.25) is 9.59 Å². The van der Waals surface area contributed by atoms with E-state index >= 15 is 0 Å². The molecule has 1 unspecified atom stereocenters. The minimum absolute atomic E-state index is 0.0271. The SMILES string of the molecule is CC(=O)NC1CCCN(C(=O)c2ccc(N)c(Br)c2)C1. The number of piperidine rings is 1. The van der Waals surface area contributed by atoms with Crippen LogP contribution in [-0.4, -0.2) is 35.8 Å². The Morgan fingerprint density at radius 1 is 1.45 bits per heavy atom. The molecule has 1 aromatic carbocycles. The van der Waals surface area contributed by atoms with Crippen LogP contribution in [0, 0.1) is 0 Å².